The summed E-state index contributed by atoms with van der Waals surface area (Å²) in [7, 11) is 0. The molecule has 0 aromatic heterocycles. The molecule has 15 heavy (non-hydrogen) atoms. The Kier molecular flexibility index (Phi) is 5.39. The molecule has 0 aliphatic carbocycles. The van der Waals surface area contributed by atoms with Gasteiger partial charge in [-0.05, 0) is 26.2 Å². The minimum Gasteiger partial charge on any atom is -0.389 e. The molecule has 2 unspecified atom stereocenters. The first-order valence-electron chi connectivity index (χ1n) is 5.69. The van der Waals surface area contributed by atoms with Gasteiger partial charge in [0.05, 0.1) is 5.60 Å². The topological polar surface area (TPSA) is 55.5 Å². The second-order valence-electron chi connectivity index (χ2n) is 4.66. The molecule has 1 aliphatic rings. The van der Waals surface area contributed by atoms with Crippen LogP contribution >= 0.6 is 11.8 Å². The molecule has 0 saturated carbocycles. The third-order valence-electron chi connectivity index (χ3n) is 2.76. The molecule has 90 valence electrons. The summed E-state index contributed by atoms with van der Waals surface area (Å²) in [5, 5.41) is 11.0. The highest BCUT2D eigenvalue weighted by molar-refractivity contribution is 8.00. The Morgan fingerprint density at radius 2 is 2.13 bits per heavy atom. The standard InChI is InChI=1S/C11H23NO2S/c1-9(7-11(2,13)8-12)15-10-3-5-14-6-4-10/h9-10,13H,3-8,12H2,1-2H3. The molecule has 0 radical (unpaired) electrons. The maximum atomic E-state index is 9.86. The number of nitrogens with two attached hydrogens (primary N) is 1. The molecule has 2 atom stereocenters. The van der Waals surface area contributed by atoms with Gasteiger partial charge in [0.2, 0.25) is 0 Å². The summed E-state index contributed by atoms with van der Waals surface area (Å²) in [5.41, 5.74) is 4.80. The van der Waals surface area contributed by atoms with Crippen LogP contribution in [-0.4, -0.2) is 41.0 Å². The van der Waals surface area contributed by atoms with Gasteiger partial charge in [-0.2, -0.15) is 11.8 Å². The van der Waals surface area contributed by atoms with Crippen LogP contribution in [0.15, 0.2) is 0 Å². The van der Waals surface area contributed by atoms with E-state index in [-0.39, 0.29) is 0 Å². The Morgan fingerprint density at radius 1 is 1.53 bits per heavy atom. The molecule has 1 aliphatic heterocycles. The van der Waals surface area contributed by atoms with Gasteiger partial charge < -0.3 is 15.6 Å². The van der Waals surface area contributed by atoms with Crippen molar-refractivity contribution < 1.29 is 9.84 Å². The Bertz CT molecular complexity index is 181. The first-order valence-corrected chi connectivity index (χ1v) is 6.63. The van der Waals surface area contributed by atoms with E-state index < -0.39 is 5.60 Å². The van der Waals surface area contributed by atoms with Crippen LogP contribution < -0.4 is 5.73 Å². The fourth-order valence-corrected chi connectivity index (χ4v) is 3.47. The van der Waals surface area contributed by atoms with Crippen molar-refractivity contribution in [1.29, 1.82) is 0 Å². The van der Waals surface area contributed by atoms with E-state index in [2.05, 4.69) is 6.92 Å². The van der Waals surface area contributed by atoms with Crippen LogP contribution in [0.4, 0.5) is 0 Å². The average Bonchev–Trinajstić information content (AvgIpc) is 2.18. The molecule has 1 heterocycles. The first-order chi connectivity index (χ1) is 7.03. The molecule has 3 N–H and O–H groups in total. The van der Waals surface area contributed by atoms with Crippen LogP contribution in [0, 0.1) is 0 Å². The molecular formula is C11H23NO2S. The quantitative estimate of drug-likeness (QED) is 0.753. The summed E-state index contributed by atoms with van der Waals surface area (Å²) in [6.07, 6.45) is 3.05. The van der Waals surface area contributed by atoms with Crippen molar-refractivity contribution in [2.24, 2.45) is 5.73 Å². The van der Waals surface area contributed by atoms with Crippen molar-refractivity contribution in [3.63, 3.8) is 0 Å². The molecule has 0 spiro atoms. The molecule has 0 aromatic rings. The van der Waals surface area contributed by atoms with Gasteiger partial charge in [0.1, 0.15) is 0 Å². The molecule has 0 aromatic carbocycles. The Balaban J connectivity index is 2.25. The van der Waals surface area contributed by atoms with Gasteiger partial charge in [-0.1, -0.05) is 6.92 Å². The minimum atomic E-state index is -0.711. The van der Waals surface area contributed by atoms with Crippen molar-refractivity contribution >= 4 is 11.8 Å². The van der Waals surface area contributed by atoms with Crippen molar-refractivity contribution in [2.45, 2.75) is 49.2 Å². The fraction of sp³-hybridized carbons (Fsp3) is 1.00. The summed E-state index contributed by atoms with van der Waals surface area (Å²) in [5.74, 6) is 0. The predicted octanol–water partition coefficient (Wildman–Crippen LogP) is 1.39. The molecular weight excluding hydrogens is 210 g/mol. The number of ether oxygens (including phenoxy) is 1. The van der Waals surface area contributed by atoms with E-state index in [1.54, 1.807) is 0 Å². The largest absolute Gasteiger partial charge is 0.389 e. The number of rotatable bonds is 5. The van der Waals surface area contributed by atoms with Crippen LogP contribution in [-0.2, 0) is 4.74 Å². The molecule has 3 nitrogen and oxygen atoms in total. The van der Waals surface area contributed by atoms with Gasteiger partial charge in [0, 0.05) is 30.3 Å². The minimum absolute atomic E-state index is 0.339. The maximum Gasteiger partial charge on any atom is 0.0751 e. The molecule has 4 heteroatoms. The SMILES string of the molecule is CC(CC(C)(O)CN)SC1CCOCC1. The van der Waals surface area contributed by atoms with E-state index in [0.29, 0.717) is 17.0 Å². The third kappa shape index (κ3) is 5.20. The van der Waals surface area contributed by atoms with Gasteiger partial charge in [0.25, 0.3) is 0 Å². The lowest BCUT2D eigenvalue weighted by atomic mass is 10.0. The first kappa shape index (κ1) is 13.3. The zero-order valence-electron chi connectivity index (χ0n) is 9.74. The highest BCUT2D eigenvalue weighted by Crippen LogP contribution is 2.30. The van der Waals surface area contributed by atoms with Gasteiger partial charge >= 0.3 is 0 Å². The molecule has 0 amide bonds. The molecule has 1 fully saturated rings. The monoisotopic (exact) mass is 233 g/mol. The lowest BCUT2D eigenvalue weighted by Crippen LogP contribution is -2.37. The number of hydrogen-bond donors (Lipinski definition) is 2. The van der Waals surface area contributed by atoms with E-state index >= 15 is 0 Å². The third-order valence-corrected chi connectivity index (χ3v) is 4.25. The molecule has 1 saturated heterocycles. The van der Waals surface area contributed by atoms with Crippen LogP contribution in [0.2, 0.25) is 0 Å². The Labute approximate surface area is 96.8 Å². The van der Waals surface area contributed by atoms with E-state index in [1.807, 2.05) is 18.7 Å². The van der Waals surface area contributed by atoms with Gasteiger partial charge in [-0.3, -0.25) is 0 Å². The highest BCUT2D eigenvalue weighted by atomic mass is 32.2. The molecule has 0 bridgehead atoms. The second-order valence-corrected chi connectivity index (χ2v) is 6.41. The van der Waals surface area contributed by atoms with Crippen LogP contribution in [0.5, 0.6) is 0 Å². The van der Waals surface area contributed by atoms with Gasteiger partial charge in [-0.15, -0.1) is 0 Å². The van der Waals surface area contributed by atoms with Crippen LogP contribution in [0.3, 0.4) is 0 Å². The zero-order chi connectivity index (χ0) is 11.3. The normalized spacial score (nSPS) is 24.8. The van der Waals surface area contributed by atoms with Crippen molar-refractivity contribution in [3.05, 3.63) is 0 Å². The summed E-state index contributed by atoms with van der Waals surface area (Å²) in [6.45, 7) is 6.10. The summed E-state index contributed by atoms with van der Waals surface area (Å²) < 4.78 is 5.32. The fourth-order valence-electron chi connectivity index (χ4n) is 1.89. The number of aliphatic hydroxyl groups is 1. The summed E-state index contributed by atoms with van der Waals surface area (Å²) in [4.78, 5) is 0. The van der Waals surface area contributed by atoms with Crippen molar-refractivity contribution in [3.8, 4) is 0 Å². The van der Waals surface area contributed by atoms with E-state index in [0.717, 1.165) is 32.5 Å². The lowest BCUT2D eigenvalue weighted by molar-refractivity contribution is 0.0606. The van der Waals surface area contributed by atoms with Crippen molar-refractivity contribution in [1.82, 2.24) is 0 Å². The van der Waals surface area contributed by atoms with Crippen LogP contribution in [0.1, 0.15) is 33.1 Å². The van der Waals surface area contributed by atoms with E-state index in [1.165, 1.54) is 0 Å². The van der Waals surface area contributed by atoms with E-state index in [4.69, 9.17) is 10.5 Å². The zero-order valence-corrected chi connectivity index (χ0v) is 10.6. The Hall–Kier alpha value is 0.230. The van der Waals surface area contributed by atoms with Gasteiger partial charge in [0.15, 0.2) is 0 Å². The van der Waals surface area contributed by atoms with E-state index in [9.17, 15) is 5.11 Å². The predicted molar refractivity (Wildman–Crippen MR) is 65.2 cm³/mol. The number of hydrogen-bond acceptors (Lipinski definition) is 4. The second kappa shape index (κ2) is 6.09. The molecule has 1 rings (SSSR count). The highest BCUT2D eigenvalue weighted by Gasteiger charge is 2.24. The lowest BCUT2D eigenvalue weighted by Gasteiger charge is -2.29. The number of thioether (sulfide) groups is 1. The summed E-state index contributed by atoms with van der Waals surface area (Å²) in [6, 6.07) is 0. The van der Waals surface area contributed by atoms with Gasteiger partial charge in [-0.25, -0.2) is 0 Å². The summed E-state index contributed by atoms with van der Waals surface area (Å²) >= 11 is 1.97. The Morgan fingerprint density at radius 3 is 2.67 bits per heavy atom. The van der Waals surface area contributed by atoms with Crippen LogP contribution in [0.25, 0.3) is 0 Å². The smallest absolute Gasteiger partial charge is 0.0751 e. The maximum absolute atomic E-state index is 9.86. The van der Waals surface area contributed by atoms with Crippen molar-refractivity contribution in [2.75, 3.05) is 19.8 Å². The average molecular weight is 233 g/mol.